The summed E-state index contributed by atoms with van der Waals surface area (Å²) < 4.78 is 62.7. The van der Waals surface area contributed by atoms with Crippen LogP contribution in [0.4, 0.5) is 5.69 Å². The molecule has 1 amide bonds. The first-order chi connectivity index (χ1) is 19.3. The van der Waals surface area contributed by atoms with Crippen LogP contribution in [-0.4, -0.2) is 75.9 Å². The van der Waals surface area contributed by atoms with Crippen LogP contribution < -0.4 is 9.46 Å². The molecule has 0 fully saturated rings. The van der Waals surface area contributed by atoms with Gasteiger partial charge in [0.25, 0.3) is 20.0 Å². The summed E-state index contributed by atoms with van der Waals surface area (Å²) in [7, 11) is -6.15. The highest BCUT2D eigenvalue weighted by molar-refractivity contribution is 7.92. The molecule has 0 unspecified atom stereocenters. The lowest BCUT2D eigenvalue weighted by atomic mass is 10.0. The van der Waals surface area contributed by atoms with Gasteiger partial charge in [-0.2, -0.15) is 4.31 Å². The Morgan fingerprint density at radius 1 is 1.15 bits per heavy atom. The molecule has 0 bridgehead atoms. The van der Waals surface area contributed by atoms with Gasteiger partial charge in [-0.15, -0.1) is 11.3 Å². The highest BCUT2D eigenvalue weighted by Gasteiger charge is 2.34. The molecule has 0 radical (unpaired) electrons. The van der Waals surface area contributed by atoms with Crippen molar-refractivity contribution < 1.29 is 31.5 Å². The average molecular weight is 622 g/mol. The van der Waals surface area contributed by atoms with Crippen LogP contribution in [-0.2, 0) is 31.3 Å². The van der Waals surface area contributed by atoms with E-state index in [0.29, 0.717) is 11.3 Å². The van der Waals surface area contributed by atoms with E-state index in [1.165, 1.54) is 23.5 Å². The number of carbonyl (C=O) groups excluding carboxylic acids is 1. The number of hydrogen-bond donors (Lipinski definition) is 2. The van der Waals surface area contributed by atoms with Gasteiger partial charge in [-0.1, -0.05) is 30.7 Å². The number of aliphatic hydroxyl groups is 1. The van der Waals surface area contributed by atoms with E-state index in [2.05, 4.69) is 4.72 Å². The van der Waals surface area contributed by atoms with Crippen LogP contribution in [0.15, 0.2) is 69.1 Å². The lowest BCUT2D eigenvalue weighted by Gasteiger charge is -2.33. The van der Waals surface area contributed by atoms with Crippen molar-refractivity contribution in [3.63, 3.8) is 0 Å². The van der Waals surface area contributed by atoms with Gasteiger partial charge >= 0.3 is 0 Å². The van der Waals surface area contributed by atoms with E-state index in [9.17, 15) is 26.7 Å². The van der Waals surface area contributed by atoms with E-state index in [0.717, 1.165) is 16.9 Å². The van der Waals surface area contributed by atoms with Crippen molar-refractivity contribution >= 4 is 43.0 Å². The standard InChI is InChI=1S/C28H35N3O7S3/c1-19-7-10-24(11-8-19)40(34,35)29-23-9-12-25-22(14-23)15-27(33)31(21(3)18-32)16-20(2)26(38-25)17-30(4)41(36,37)28-6-5-13-39-28/h5-14,20-21,26,29,32H,15-18H2,1-4H3/t20-,21+,26-/m0/s1. The molecule has 3 aromatic rings. The second-order valence-electron chi connectivity index (χ2n) is 10.3. The fraction of sp³-hybridized carbons (Fsp3) is 0.393. The number of aliphatic hydroxyl groups excluding tert-OH is 1. The minimum atomic E-state index is -3.89. The van der Waals surface area contributed by atoms with Crippen molar-refractivity contribution in [1.29, 1.82) is 0 Å². The predicted molar refractivity (Wildman–Crippen MR) is 158 cm³/mol. The molecule has 10 nitrogen and oxygen atoms in total. The van der Waals surface area contributed by atoms with Crippen LogP contribution >= 0.6 is 11.3 Å². The molecular formula is C28H35N3O7S3. The monoisotopic (exact) mass is 621 g/mol. The summed E-state index contributed by atoms with van der Waals surface area (Å²) in [5, 5.41) is 11.5. The number of amides is 1. The molecule has 2 aromatic carbocycles. The SMILES string of the molecule is Cc1ccc(S(=O)(=O)Nc2ccc3c(c2)CC(=O)N([C@H](C)CO)C[C@H](C)[C@H](CN(C)S(=O)(=O)c2cccs2)O3)cc1. The third kappa shape index (κ3) is 7.09. The van der Waals surface area contributed by atoms with Crippen LogP contribution in [0.25, 0.3) is 0 Å². The van der Waals surface area contributed by atoms with E-state index in [4.69, 9.17) is 4.74 Å². The molecule has 0 saturated carbocycles. The molecule has 1 aromatic heterocycles. The lowest BCUT2D eigenvalue weighted by molar-refractivity contribution is -0.134. The molecular weight excluding hydrogens is 587 g/mol. The molecule has 222 valence electrons. The first-order valence-corrected chi connectivity index (χ1v) is 16.9. The fourth-order valence-electron chi connectivity index (χ4n) is 4.56. The van der Waals surface area contributed by atoms with Crippen molar-refractivity contribution in [2.24, 2.45) is 5.92 Å². The van der Waals surface area contributed by atoms with Crippen LogP contribution in [0.5, 0.6) is 5.75 Å². The summed E-state index contributed by atoms with van der Waals surface area (Å²) >= 11 is 1.13. The number of likely N-dealkylation sites (N-methyl/N-ethyl adjacent to an activating group) is 1. The Balaban J connectivity index is 1.68. The molecule has 41 heavy (non-hydrogen) atoms. The number of nitrogens with one attached hydrogen (secondary N) is 1. The number of anilines is 1. The first kappa shape index (κ1) is 31.0. The molecule has 1 aliphatic rings. The summed E-state index contributed by atoms with van der Waals surface area (Å²) in [6.07, 6.45) is -0.745. The number of nitrogens with zero attached hydrogens (tertiary/aromatic N) is 2. The summed E-state index contributed by atoms with van der Waals surface area (Å²) in [6.45, 7) is 5.47. The second-order valence-corrected chi connectivity index (χ2v) is 15.2. The zero-order valence-corrected chi connectivity index (χ0v) is 25.8. The molecule has 2 N–H and O–H groups in total. The van der Waals surface area contributed by atoms with Crippen LogP contribution in [0.1, 0.15) is 25.0 Å². The zero-order valence-electron chi connectivity index (χ0n) is 23.3. The normalized spacial score (nSPS) is 19.1. The van der Waals surface area contributed by atoms with E-state index in [1.807, 2.05) is 13.8 Å². The van der Waals surface area contributed by atoms with Crippen LogP contribution in [0, 0.1) is 12.8 Å². The van der Waals surface area contributed by atoms with Gasteiger partial charge in [0.15, 0.2) is 0 Å². The summed E-state index contributed by atoms with van der Waals surface area (Å²) in [6, 6.07) is 13.9. The number of thiophene rings is 1. The fourth-order valence-corrected chi connectivity index (χ4v) is 7.99. The van der Waals surface area contributed by atoms with Gasteiger partial charge < -0.3 is 14.7 Å². The molecule has 2 heterocycles. The zero-order chi connectivity index (χ0) is 29.9. The van der Waals surface area contributed by atoms with Gasteiger partial charge in [0.05, 0.1) is 30.5 Å². The minimum Gasteiger partial charge on any atom is -0.488 e. The van der Waals surface area contributed by atoms with E-state index >= 15 is 0 Å². The maximum Gasteiger partial charge on any atom is 0.261 e. The third-order valence-electron chi connectivity index (χ3n) is 7.10. The van der Waals surface area contributed by atoms with Crippen molar-refractivity contribution in [3.05, 3.63) is 71.1 Å². The molecule has 1 aliphatic heterocycles. The highest BCUT2D eigenvalue weighted by Crippen LogP contribution is 2.31. The van der Waals surface area contributed by atoms with Crippen molar-refractivity contribution in [2.45, 2.75) is 48.4 Å². The Kier molecular flexibility index (Phi) is 9.44. The smallest absolute Gasteiger partial charge is 0.261 e. The second kappa shape index (κ2) is 12.5. The summed E-state index contributed by atoms with van der Waals surface area (Å²) in [5.74, 6) is -0.212. The number of sulfonamides is 2. The number of carbonyl (C=O) groups is 1. The van der Waals surface area contributed by atoms with Crippen molar-refractivity contribution in [1.82, 2.24) is 9.21 Å². The summed E-state index contributed by atoms with van der Waals surface area (Å²) in [5.41, 5.74) is 1.62. The lowest BCUT2D eigenvalue weighted by Crippen LogP contribution is -2.48. The molecule has 0 aliphatic carbocycles. The number of benzene rings is 2. The number of hydrogen-bond acceptors (Lipinski definition) is 8. The van der Waals surface area contributed by atoms with Gasteiger partial charge in [-0.25, -0.2) is 16.8 Å². The average Bonchev–Trinajstić information content (AvgIpc) is 3.48. The Hall–Kier alpha value is -2.97. The molecule has 0 saturated heterocycles. The molecule has 13 heteroatoms. The van der Waals surface area contributed by atoms with E-state index in [1.54, 1.807) is 59.7 Å². The van der Waals surface area contributed by atoms with E-state index < -0.39 is 32.2 Å². The topological polar surface area (TPSA) is 133 Å². The van der Waals surface area contributed by atoms with Crippen LogP contribution in [0.2, 0.25) is 0 Å². The molecule has 4 rings (SSSR count). The maximum absolute atomic E-state index is 13.4. The third-order valence-corrected chi connectivity index (χ3v) is 11.7. The molecule has 0 spiro atoms. The van der Waals surface area contributed by atoms with Gasteiger partial charge in [0.2, 0.25) is 5.91 Å². The Morgan fingerprint density at radius 3 is 2.49 bits per heavy atom. The number of ether oxygens (including phenoxy) is 1. The largest absolute Gasteiger partial charge is 0.488 e. The number of fused-ring (bicyclic) bond motifs is 1. The van der Waals surface area contributed by atoms with Gasteiger partial charge in [0, 0.05) is 30.8 Å². The Morgan fingerprint density at radius 2 is 1.85 bits per heavy atom. The predicted octanol–water partition coefficient (Wildman–Crippen LogP) is 3.33. The first-order valence-electron chi connectivity index (χ1n) is 13.1. The minimum absolute atomic E-state index is 0.0121. The number of rotatable bonds is 9. The van der Waals surface area contributed by atoms with Crippen molar-refractivity contribution in [2.75, 3.05) is 31.5 Å². The van der Waals surface area contributed by atoms with Gasteiger partial charge in [-0.05, 0) is 55.6 Å². The quantitative estimate of drug-likeness (QED) is 0.375. The van der Waals surface area contributed by atoms with Crippen molar-refractivity contribution in [3.8, 4) is 5.75 Å². The van der Waals surface area contributed by atoms with Gasteiger partial charge in [-0.3, -0.25) is 9.52 Å². The van der Waals surface area contributed by atoms with Gasteiger partial charge in [0.1, 0.15) is 16.1 Å². The molecule has 3 atom stereocenters. The van der Waals surface area contributed by atoms with Crippen LogP contribution in [0.3, 0.4) is 0 Å². The highest BCUT2D eigenvalue weighted by atomic mass is 32.2. The number of aryl methyl sites for hydroxylation is 1. The Labute approximate surface area is 245 Å². The summed E-state index contributed by atoms with van der Waals surface area (Å²) in [4.78, 5) is 15.1. The Bertz CT molecular complexity index is 1570. The van der Waals surface area contributed by atoms with E-state index in [-0.39, 0.29) is 52.7 Å². The maximum atomic E-state index is 13.4.